The third-order valence-corrected chi connectivity index (χ3v) is 12.1. The lowest BCUT2D eigenvalue weighted by atomic mass is 9.55. The van der Waals surface area contributed by atoms with Gasteiger partial charge >= 0.3 is 0 Å². The average molecular weight is 650 g/mol. The van der Waals surface area contributed by atoms with Crippen LogP contribution in [0.25, 0.3) is 76.6 Å². The molecule has 0 N–H and O–H groups in total. The molecule has 49 heavy (non-hydrogen) atoms. The molecule has 0 amide bonds. The van der Waals surface area contributed by atoms with Crippen molar-refractivity contribution in [3.8, 4) is 56.4 Å². The molecular formula is C45H35N3S. The molecule has 236 valence electrons. The maximum absolute atomic E-state index is 5.17. The number of hydrogen-bond acceptors (Lipinski definition) is 4. The van der Waals surface area contributed by atoms with Crippen LogP contribution in [0.15, 0.2) is 140 Å². The van der Waals surface area contributed by atoms with Crippen LogP contribution in [0, 0.1) is 0 Å². The normalized spacial score (nSPS) is 14.4. The Morgan fingerprint density at radius 2 is 0.857 bits per heavy atom. The van der Waals surface area contributed by atoms with Gasteiger partial charge in [0.25, 0.3) is 0 Å². The van der Waals surface area contributed by atoms with Crippen LogP contribution in [0.1, 0.15) is 38.8 Å². The standard InChI is InChI=1S/C45H35N3S/c1-44(2)37-26-30(28-13-7-5-8-14-28)19-22-33(37)34-23-20-32(27-38(34)45(44,3)4)43-47-41(29-15-9-6-10-16-29)46-42(48-43)31-21-24-40-36(25-31)35-17-11-12-18-39(35)49-40/h5-27H,1-4H3. The summed E-state index contributed by atoms with van der Waals surface area (Å²) < 4.78 is 2.55. The van der Waals surface area contributed by atoms with Gasteiger partial charge in [0.2, 0.25) is 0 Å². The molecule has 0 radical (unpaired) electrons. The zero-order chi connectivity index (χ0) is 33.3. The van der Waals surface area contributed by atoms with Crippen molar-refractivity contribution in [3.05, 3.63) is 151 Å². The molecule has 2 aromatic heterocycles. The van der Waals surface area contributed by atoms with Crippen molar-refractivity contribution < 1.29 is 0 Å². The largest absolute Gasteiger partial charge is 0.208 e. The highest BCUT2D eigenvalue weighted by atomic mass is 32.1. The lowest BCUT2D eigenvalue weighted by molar-refractivity contribution is 0.299. The summed E-state index contributed by atoms with van der Waals surface area (Å²) in [4.78, 5) is 15.3. The fourth-order valence-corrected chi connectivity index (χ4v) is 8.52. The molecule has 4 heteroatoms. The van der Waals surface area contributed by atoms with Crippen LogP contribution < -0.4 is 0 Å². The Hall–Kier alpha value is -5.45. The third-order valence-electron chi connectivity index (χ3n) is 10.9. The lowest BCUT2D eigenvalue weighted by Gasteiger charge is -2.48. The highest BCUT2D eigenvalue weighted by Gasteiger charge is 2.46. The minimum atomic E-state index is -0.163. The number of thiophene rings is 1. The minimum absolute atomic E-state index is 0.128. The van der Waals surface area contributed by atoms with Crippen LogP contribution in [0.2, 0.25) is 0 Å². The van der Waals surface area contributed by atoms with Gasteiger partial charge in [-0.1, -0.05) is 131 Å². The summed E-state index contributed by atoms with van der Waals surface area (Å²) in [6, 6.07) is 49.8. The first kappa shape index (κ1) is 29.7. The van der Waals surface area contributed by atoms with Gasteiger partial charge in [-0.3, -0.25) is 0 Å². The maximum atomic E-state index is 5.17. The second-order valence-electron chi connectivity index (χ2n) is 14.1. The molecule has 0 bridgehead atoms. The molecule has 0 fully saturated rings. The van der Waals surface area contributed by atoms with Gasteiger partial charge in [0.05, 0.1) is 0 Å². The van der Waals surface area contributed by atoms with E-state index in [4.69, 9.17) is 15.0 Å². The van der Waals surface area contributed by atoms with Crippen molar-refractivity contribution in [1.82, 2.24) is 15.0 Å². The molecule has 6 aromatic carbocycles. The molecule has 0 saturated heterocycles. The molecule has 0 saturated carbocycles. The minimum Gasteiger partial charge on any atom is -0.208 e. The zero-order valence-electron chi connectivity index (χ0n) is 28.0. The van der Waals surface area contributed by atoms with E-state index in [1.54, 1.807) is 0 Å². The quantitative estimate of drug-likeness (QED) is 0.190. The van der Waals surface area contributed by atoms with Crippen molar-refractivity contribution in [3.63, 3.8) is 0 Å². The van der Waals surface area contributed by atoms with Gasteiger partial charge in [-0.05, 0) is 80.6 Å². The number of rotatable bonds is 4. The highest BCUT2D eigenvalue weighted by Crippen LogP contribution is 2.55. The Bertz CT molecular complexity index is 2550. The van der Waals surface area contributed by atoms with E-state index in [2.05, 4.69) is 149 Å². The summed E-state index contributed by atoms with van der Waals surface area (Å²) in [7, 11) is 0. The van der Waals surface area contributed by atoms with Crippen LogP contribution in [-0.4, -0.2) is 15.0 Å². The molecule has 8 aromatic rings. The highest BCUT2D eigenvalue weighted by molar-refractivity contribution is 7.25. The smallest absolute Gasteiger partial charge is 0.164 e. The first-order valence-electron chi connectivity index (χ1n) is 16.9. The molecular weight excluding hydrogens is 615 g/mol. The molecule has 0 aliphatic heterocycles. The van der Waals surface area contributed by atoms with E-state index in [0.29, 0.717) is 17.5 Å². The molecule has 0 spiro atoms. The number of nitrogens with zero attached hydrogens (tertiary/aromatic N) is 3. The van der Waals surface area contributed by atoms with E-state index >= 15 is 0 Å². The Kier molecular flexibility index (Phi) is 6.69. The van der Waals surface area contributed by atoms with E-state index in [1.165, 1.54) is 53.6 Å². The van der Waals surface area contributed by atoms with E-state index in [9.17, 15) is 0 Å². The van der Waals surface area contributed by atoms with Crippen LogP contribution in [0.3, 0.4) is 0 Å². The van der Waals surface area contributed by atoms with Gasteiger partial charge in [-0.15, -0.1) is 11.3 Å². The van der Waals surface area contributed by atoms with Gasteiger partial charge in [0.1, 0.15) is 0 Å². The lowest BCUT2D eigenvalue weighted by Crippen LogP contribution is -2.43. The Morgan fingerprint density at radius 3 is 1.51 bits per heavy atom. The fraction of sp³-hybridized carbons (Fsp3) is 0.133. The van der Waals surface area contributed by atoms with E-state index in [-0.39, 0.29) is 10.8 Å². The summed E-state index contributed by atoms with van der Waals surface area (Å²) in [5.41, 5.74) is 10.4. The van der Waals surface area contributed by atoms with Crippen LogP contribution in [-0.2, 0) is 10.8 Å². The number of aromatic nitrogens is 3. The Labute approximate surface area is 291 Å². The average Bonchev–Trinajstić information content (AvgIpc) is 3.52. The van der Waals surface area contributed by atoms with Crippen LogP contribution in [0.4, 0.5) is 0 Å². The summed E-state index contributed by atoms with van der Waals surface area (Å²) in [6.07, 6.45) is 0. The van der Waals surface area contributed by atoms with Gasteiger partial charge in [-0.2, -0.15) is 0 Å². The van der Waals surface area contributed by atoms with Crippen molar-refractivity contribution in [2.24, 2.45) is 0 Å². The van der Waals surface area contributed by atoms with E-state index in [0.717, 1.165) is 16.7 Å². The summed E-state index contributed by atoms with van der Waals surface area (Å²) in [5, 5.41) is 2.49. The predicted octanol–water partition coefficient (Wildman–Crippen LogP) is 12.1. The van der Waals surface area contributed by atoms with Gasteiger partial charge < -0.3 is 0 Å². The number of benzene rings is 6. The molecule has 3 nitrogen and oxygen atoms in total. The van der Waals surface area contributed by atoms with Crippen molar-refractivity contribution >= 4 is 31.5 Å². The van der Waals surface area contributed by atoms with Crippen LogP contribution in [0.5, 0.6) is 0 Å². The molecule has 0 atom stereocenters. The first-order chi connectivity index (χ1) is 23.8. The summed E-state index contributed by atoms with van der Waals surface area (Å²) in [5.74, 6) is 2.03. The van der Waals surface area contributed by atoms with Crippen molar-refractivity contribution in [1.29, 1.82) is 0 Å². The van der Waals surface area contributed by atoms with Gasteiger partial charge in [-0.25, -0.2) is 15.0 Å². The summed E-state index contributed by atoms with van der Waals surface area (Å²) in [6.45, 7) is 9.52. The maximum Gasteiger partial charge on any atom is 0.164 e. The molecule has 1 aliphatic rings. The Balaban J connectivity index is 1.21. The van der Waals surface area contributed by atoms with Gasteiger partial charge in [0, 0.05) is 36.9 Å². The predicted molar refractivity (Wildman–Crippen MR) is 206 cm³/mol. The SMILES string of the molecule is CC1(C)c2cc(-c3ccccc3)ccc2-c2ccc(-c3nc(-c4ccccc4)nc(-c4ccc5sc6ccccc6c5c4)n3)cc2C1(C)C. The van der Waals surface area contributed by atoms with Crippen molar-refractivity contribution in [2.45, 2.75) is 38.5 Å². The molecule has 9 rings (SSSR count). The molecule has 0 unspecified atom stereocenters. The second kappa shape index (κ2) is 11.0. The Morgan fingerprint density at radius 1 is 0.388 bits per heavy atom. The second-order valence-corrected chi connectivity index (χ2v) is 15.2. The number of fused-ring (bicyclic) bond motifs is 6. The van der Waals surface area contributed by atoms with Gasteiger partial charge in [0.15, 0.2) is 17.5 Å². The van der Waals surface area contributed by atoms with Crippen molar-refractivity contribution in [2.75, 3.05) is 0 Å². The first-order valence-corrected chi connectivity index (χ1v) is 17.7. The third kappa shape index (κ3) is 4.74. The number of hydrogen-bond donors (Lipinski definition) is 0. The van der Waals surface area contributed by atoms with E-state index in [1.807, 2.05) is 29.5 Å². The van der Waals surface area contributed by atoms with Crippen LogP contribution >= 0.6 is 11.3 Å². The fourth-order valence-electron chi connectivity index (χ4n) is 7.43. The summed E-state index contributed by atoms with van der Waals surface area (Å²) >= 11 is 1.82. The monoisotopic (exact) mass is 649 g/mol. The zero-order valence-corrected chi connectivity index (χ0v) is 28.8. The molecule has 2 heterocycles. The topological polar surface area (TPSA) is 38.7 Å². The molecule has 1 aliphatic carbocycles. The van der Waals surface area contributed by atoms with E-state index < -0.39 is 0 Å².